The molecule has 1 aliphatic heterocycles. The lowest BCUT2D eigenvalue weighted by Gasteiger charge is -2.15. The minimum Gasteiger partial charge on any atom is -0.356 e. The molecule has 0 atom stereocenters. The molecule has 1 aromatic heterocycles. The minimum absolute atomic E-state index is 0.0178. The van der Waals surface area contributed by atoms with Gasteiger partial charge in [0.25, 0.3) is 11.8 Å². The molecule has 9 nitrogen and oxygen atoms in total. The summed E-state index contributed by atoms with van der Waals surface area (Å²) in [5.41, 5.74) is 1.98. The Hall–Kier alpha value is -3.99. The molecule has 2 heterocycles. The van der Waals surface area contributed by atoms with Gasteiger partial charge in [-0.2, -0.15) is 0 Å². The molecule has 0 fully saturated rings. The van der Waals surface area contributed by atoms with Crippen molar-refractivity contribution in [1.29, 1.82) is 0 Å². The molecule has 41 heavy (non-hydrogen) atoms. The number of fused-ring (bicyclic) bond motifs is 1. The molecule has 0 unspecified atom stereocenters. The van der Waals surface area contributed by atoms with Crippen molar-refractivity contribution in [2.75, 3.05) is 17.2 Å². The SMILES string of the molecule is CC(=O)NCCCc1nnc(SCC(=O)c2cccc(N3C(=O)c4ccccc4C3=O)c2)n1-c1cc(Cl)cc(Cl)c1. The molecule has 3 amide bonds. The van der Waals surface area contributed by atoms with Crippen LogP contribution in [0.25, 0.3) is 5.69 Å². The predicted molar refractivity (Wildman–Crippen MR) is 157 cm³/mol. The number of rotatable bonds is 10. The van der Waals surface area contributed by atoms with E-state index >= 15 is 0 Å². The van der Waals surface area contributed by atoms with E-state index in [2.05, 4.69) is 15.5 Å². The van der Waals surface area contributed by atoms with Crippen molar-refractivity contribution in [3.05, 3.63) is 99.3 Å². The van der Waals surface area contributed by atoms with Crippen molar-refractivity contribution in [3.63, 3.8) is 0 Å². The molecule has 4 aromatic rings. The molecule has 5 rings (SSSR count). The molecule has 12 heteroatoms. The number of nitrogens with one attached hydrogen (secondary N) is 1. The number of thioether (sulfide) groups is 1. The molecule has 1 aliphatic rings. The van der Waals surface area contributed by atoms with Gasteiger partial charge >= 0.3 is 0 Å². The number of aryl methyl sites for hydroxylation is 1. The van der Waals surface area contributed by atoms with E-state index in [-0.39, 0.29) is 17.4 Å². The molecule has 3 aromatic carbocycles. The number of imide groups is 1. The van der Waals surface area contributed by atoms with Gasteiger partial charge in [-0.15, -0.1) is 10.2 Å². The number of ketones is 1. The van der Waals surface area contributed by atoms with Gasteiger partial charge in [0.1, 0.15) is 5.82 Å². The molecule has 0 saturated heterocycles. The first-order valence-corrected chi connectivity index (χ1v) is 14.4. The van der Waals surface area contributed by atoms with Crippen LogP contribution in [0.5, 0.6) is 0 Å². The lowest BCUT2D eigenvalue weighted by Crippen LogP contribution is -2.29. The molecule has 0 aliphatic carbocycles. The van der Waals surface area contributed by atoms with Gasteiger partial charge in [0.2, 0.25) is 5.91 Å². The normalized spacial score (nSPS) is 12.5. The number of carbonyl (C=O) groups excluding carboxylic acids is 4. The predicted octanol–water partition coefficient (Wildman–Crippen LogP) is 5.42. The zero-order valence-corrected chi connectivity index (χ0v) is 24.1. The number of nitrogens with zero attached hydrogens (tertiary/aromatic N) is 4. The van der Waals surface area contributed by atoms with Crippen LogP contribution in [0.3, 0.4) is 0 Å². The number of benzene rings is 3. The van der Waals surface area contributed by atoms with Crippen LogP contribution < -0.4 is 10.2 Å². The number of hydrogen-bond acceptors (Lipinski definition) is 7. The van der Waals surface area contributed by atoms with Gasteiger partial charge in [-0.3, -0.25) is 23.7 Å². The number of amides is 3. The van der Waals surface area contributed by atoms with Crippen molar-refractivity contribution in [3.8, 4) is 5.69 Å². The van der Waals surface area contributed by atoms with Gasteiger partial charge in [-0.1, -0.05) is 59.2 Å². The summed E-state index contributed by atoms with van der Waals surface area (Å²) in [6, 6.07) is 18.1. The molecule has 208 valence electrons. The third kappa shape index (κ3) is 6.19. The fraction of sp³-hybridized carbons (Fsp3) is 0.172. The summed E-state index contributed by atoms with van der Waals surface area (Å²) in [7, 11) is 0. The maximum Gasteiger partial charge on any atom is 0.266 e. The van der Waals surface area contributed by atoms with E-state index in [1.165, 1.54) is 18.7 Å². The van der Waals surface area contributed by atoms with Crippen molar-refractivity contribution < 1.29 is 19.2 Å². The van der Waals surface area contributed by atoms with Gasteiger partial charge in [0.05, 0.1) is 28.3 Å². The van der Waals surface area contributed by atoms with Gasteiger partial charge in [0, 0.05) is 35.5 Å². The maximum absolute atomic E-state index is 13.3. The van der Waals surface area contributed by atoms with Gasteiger partial charge in [0.15, 0.2) is 10.9 Å². The van der Waals surface area contributed by atoms with Crippen LogP contribution in [0, 0.1) is 0 Å². The molecule has 0 spiro atoms. The highest BCUT2D eigenvalue weighted by Gasteiger charge is 2.36. The Labute approximate surface area is 249 Å². The maximum atomic E-state index is 13.3. The molecule has 0 saturated carbocycles. The Morgan fingerprint density at radius 2 is 1.56 bits per heavy atom. The monoisotopic (exact) mass is 607 g/mol. The van der Waals surface area contributed by atoms with Crippen LogP contribution in [0.2, 0.25) is 10.0 Å². The zero-order valence-electron chi connectivity index (χ0n) is 21.8. The average Bonchev–Trinajstić information content (AvgIpc) is 3.47. The van der Waals surface area contributed by atoms with E-state index in [1.807, 2.05) is 0 Å². The minimum atomic E-state index is -0.427. The third-order valence-electron chi connectivity index (χ3n) is 6.31. The van der Waals surface area contributed by atoms with E-state index in [4.69, 9.17) is 23.2 Å². The Kier molecular flexibility index (Phi) is 8.53. The molecular weight excluding hydrogens is 585 g/mol. The third-order valence-corrected chi connectivity index (χ3v) is 7.68. The first kappa shape index (κ1) is 28.5. The number of halogens is 2. The van der Waals surface area contributed by atoms with Crippen LogP contribution in [-0.4, -0.2) is 50.6 Å². The topological polar surface area (TPSA) is 114 Å². The van der Waals surface area contributed by atoms with Crippen molar-refractivity contribution in [2.24, 2.45) is 0 Å². The Morgan fingerprint density at radius 3 is 2.22 bits per heavy atom. The fourth-order valence-electron chi connectivity index (χ4n) is 4.45. The highest BCUT2D eigenvalue weighted by Crippen LogP contribution is 2.30. The zero-order chi connectivity index (χ0) is 29.1. The number of anilines is 1. The fourth-order valence-corrected chi connectivity index (χ4v) is 5.83. The van der Waals surface area contributed by atoms with Crippen LogP contribution >= 0.6 is 35.0 Å². The molecule has 0 radical (unpaired) electrons. The smallest absolute Gasteiger partial charge is 0.266 e. The van der Waals surface area contributed by atoms with Crippen LogP contribution in [0.15, 0.2) is 71.9 Å². The van der Waals surface area contributed by atoms with Crippen LogP contribution in [0.1, 0.15) is 50.2 Å². The molecule has 1 N–H and O–H groups in total. The summed E-state index contributed by atoms with van der Waals surface area (Å²) < 4.78 is 1.79. The van der Waals surface area contributed by atoms with E-state index < -0.39 is 11.8 Å². The largest absolute Gasteiger partial charge is 0.356 e. The van der Waals surface area contributed by atoms with E-state index in [0.717, 1.165) is 4.90 Å². The van der Waals surface area contributed by atoms with E-state index in [1.54, 1.807) is 71.3 Å². The Morgan fingerprint density at radius 1 is 0.878 bits per heavy atom. The number of Topliss-reactive ketones (excluding diaryl/α,β-unsaturated/α-hetero) is 1. The van der Waals surface area contributed by atoms with Gasteiger partial charge < -0.3 is 5.32 Å². The highest BCUT2D eigenvalue weighted by molar-refractivity contribution is 7.99. The summed E-state index contributed by atoms with van der Waals surface area (Å²) in [6.07, 6.45) is 1.13. The summed E-state index contributed by atoms with van der Waals surface area (Å²) in [6.45, 7) is 1.93. The Bertz CT molecular complexity index is 1630. The average molecular weight is 609 g/mol. The van der Waals surface area contributed by atoms with Crippen molar-refractivity contribution >= 4 is 64.2 Å². The van der Waals surface area contributed by atoms with Gasteiger partial charge in [-0.25, -0.2) is 4.90 Å². The van der Waals surface area contributed by atoms with E-state index in [9.17, 15) is 19.2 Å². The summed E-state index contributed by atoms with van der Waals surface area (Å²) >= 11 is 13.7. The van der Waals surface area contributed by atoms with E-state index in [0.29, 0.717) is 68.5 Å². The molecule has 0 bridgehead atoms. The molecular formula is C29H23Cl2N5O4S. The first-order chi connectivity index (χ1) is 19.7. The Balaban J connectivity index is 1.35. The number of aromatic nitrogens is 3. The van der Waals surface area contributed by atoms with Crippen LogP contribution in [-0.2, 0) is 11.2 Å². The highest BCUT2D eigenvalue weighted by atomic mass is 35.5. The number of carbonyl (C=O) groups is 4. The first-order valence-electron chi connectivity index (χ1n) is 12.6. The number of hydrogen-bond donors (Lipinski definition) is 1. The standard InChI is InChI=1S/C29H23Cl2N5O4S/c1-17(37)32-11-5-10-26-33-34-29(35(26)22-14-19(30)13-20(31)15-22)41-16-25(38)18-6-4-7-21(12-18)36-27(39)23-8-2-3-9-24(23)28(36)40/h2-4,6-9,12-15H,5,10-11,16H2,1H3,(H,32,37). The summed E-state index contributed by atoms with van der Waals surface area (Å²) in [5.74, 6) is -0.553. The van der Waals surface area contributed by atoms with Gasteiger partial charge in [-0.05, 0) is 48.9 Å². The quantitative estimate of drug-likeness (QED) is 0.111. The lowest BCUT2D eigenvalue weighted by molar-refractivity contribution is -0.118. The second kappa shape index (κ2) is 12.3. The lowest BCUT2D eigenvalue weighted by atomic mass is 10.1. The van der Waals surface area contributed by atoms with Crippen molar-refractivity contribution in [2.45, 2.75) is 24.9 Å². The van der Waals surface area contributed by atoms with Crippen LogP contribution in [0.4, 0.5) is 5.69 Å². The summed E-state index contributed by atoms with van der Waals surface area (Å²) in [5, 5.41) is 12.7. The second-order valence-corrected chi connectivity index (χ2v) is 11.0. The summed E-state index contributed by atoms with van der Waals surface area (Å²) in [4.78, 5) is 51.4. The van der Waals surface area contributed by atoms with Crippen molar-refractivity contribution in [1.82, 2.24) is 20.1 Å². The second-order valence-electron chi connectivity index (χ2n) is 9.20.